The van der Waals surface area contributed by atoms with Gasteiger partial charge in [0.05, 0.1) is 18.8 Å². The van der Waals surface area contributed by atoms with Gasteiger partial charge < -0.3 is 9.47 Å². The van der Waals surface area contributed by atoms with E-state index >= 15 is 0 Å². The van der Waals surface area contributed by atoms with E-state index in [1.807, 2.05) is 31.2 Å². The standard InChI is InChI=1S/C12H17NO2/c1-3-9-15-11-8-6-5-7-10(11)12(13)14-4-2/h5-8,13H,3-4,9H2,1-2H3. The smallest absolute Gasteiger partial charge is 0.217 e. The number of para-hydroxylation sites is 1. The maximum Gasteiger partial charge on any atom is 0.217 e. The highest BCUT2D eigenvalue weighted by Gasteiger charge is 2.08. The van der Waals surface area contributed by atoms with Crippen LogP contribution in [-0.2, 0) is 4.74 Å². The van der Waals surface area contributed by atoms with Crippen LogP contribution in [0.2, 0.25) is 0 Å². The van der Waals surface area contributed by atoms with E-state index in [4.69, 9.17) is 14.9 Å². The van der Waals surface area contributed by atoms with Gasteiger partial charge in [-0.15, -0.1) is 0 Å². The van der Waals surface area contributed by atoms with Gasteiger partial charge in [0.1, 0.15) is 5.75 Å². The Hall–Kier alpha value is -1.51. The molecule has 0 aliphatic heterocycles. The molecule has 0 aromatic heterocycles. The zero-order valence-electron chi connectivity index (χ0n) is 9.25. The summed E-state index contributed by atoms with van der Waals surface area (Å²) in [5.74, 6) is 0.891. The lowest BCUT2D eigenvalue weighted by Crippen LogP contribution is -2.08. The summed E-state index contributed by atoms with van der Waals surface area (Å²) >= 11 is 0. The predicted octanol–water partition coefficient (Wildman–Crippen LogP) is 2.84. The van der Waals surface area contributed by atoms with Crippen LogP contribution >= 0.6 is 0 Å². The van der Waals surface area contributed by atoms with Crippen molar-refractivity contribution in [3.8, 4) is 5.75 Å². The average molecular weight is 207 g/mol. The molecule has 0 fully saturated rings. The molecule has 0 saturated heterocycles. The molecule has 1 aromatic carbocycles. The first-order valence-corrected chi connectivity index (χ1v) is 5.23. The molecule has 1 aromatic rings. The van der Waals surface area contributed by atoms with Crippen molar-refractivity contribution in [1.29, 1.82) is 5.41 Å². The highest BCUT2D eigenvalue weighted by atomic mass is 16.5. The van der Waals surface area contributed by atoms with Gasteiger partial charge in [-0.1, -0.05) is 19.1 Å². The van der Waals surface area contributed by atoms with Crippen LogP contribution < -0.4 is 4.74 Å². The molecule has 0 amide bonds. The van der Waals surface area contributed by atoms with Crippen LogP contribution in [0.4, 0.5) is 0 Å². The van der Waals surface area contributed by atoms with Crippen LogP contribution in [0, 0.1) is 5.41 Å². The molecule has 1 rings (SSSR count). The largest absolute Gasteiger partial charge is 0.493 e. The zero-order chi connectivity index (χ0) is 11.1. The van der Waals surface area contributed by atoms with Crippen molar-refractivity contribution in [3.63, 3.8) is 0 Å². The summed E-state index contributed by atoms with van der Waals surface area (Å²) in [5, 5.41) is 7.70. The number of hydrogen-bond acceptors (Lipinski definition) is 3. The fourth-order valence-corrected chi connectivity index (χ4v) is 1.21. The summed E-state index contributed by atoms with van der Waals surface area (Å²) in [5.41, 5.74) is 0.716. The Bertz CT molecular complexity index is 323. The Labute approximate surface area is 90.5 Å². The number of nitrogens with one attached hydrogen (secondary N) is 1. The van der Waals surface area contributed by atoms with Gasteiger partial charge in [0.2, 0.25) is 5.90 Å². The maximum absolute atomic E-state index is 7.70. The maximum atomic E-state index is 7.70. The molecule has 0 radical (unpaired) electrons. The minimum absolute atomic E-state index is 0.171. The molecular weight excluding hydrogens is 190 g/mol. The third kappa shape index (κ3) is 3.27. The quantitative estimate of drug-likeness (QED) is 0.596. The molecule has 1 N–H and O–H groups in total. The minimum atomic E-state index is 0.171. The highest BCUT2D eigenvalue weighted by molar-refractivity contribution is 5.94. The van der Waals surface area contributed by atoms with Gasteiger partial charge in [-0.2, -0.15) is 0 Å². The van der Waals surface area contributed by atoms with Crippen LogP contribution in [0.5, 0.6) is 5.75 Å². The van der Waals surface area contributed by atoms with Gasteiger partial charge in [0, 0.05) is 0 Å². The van der Waals surface area contributed by atoms with E-state index in [0.717, 1.165) is 12.2 Å². The first kappa shape index (κ1) is 11.6. The molecule has 0 saturated carbocycles. The number of ether oxygens (including phenoxy) is 2. The molecular formula is C12H17NO2. The second-order valence-electron chi connectivity index (χ2n) is 3.11. The lowest BCUT2D eigenvalue weighted by atomic mass is 10.2. The SMILES string of the molecule is CCCOc1ccccc1C(=N)OCC. The van der Waals surface area contributed by atoms with Gasteiger partial charge in [0.25, 0.3) is 0 Å². The Morgan fingerprint density at radius 1 is 1.27 bits per heavy atom. The van der Waals surface area contributed by atoms with Crippen molar-refractivity contribution < 1.29 is 9.47 Å². The third-order valence-electron chi connectivity index (χ3n) is 1.88. The topological polar surface area (TPSA) is 42.3 Å². The fraction of sp³-hybridized carbons (Fsp3) is 0.417. The lowest BCUT2D eigenvalue weighted by molar-refractivity contribution is 0.305. The zero-order valence-corrected chi connectivity index (χ0v) is 9.25. The lowest BCUT2D eigenvalue weighted by Gasteiger charge is -2.11. The van der Waals surface area contributed by atoms with Crippen LogP contribution in [0.3, 0.4) is 0 Å². The van der Waals surface area contributed by atoms with Crippen molar-refractivity contribution in [2.75, 3.05) is 13.2 Å². The van der Waals surface area contributed by atoms with Gasteiger partial charge in [-0.3, -0.25) is 5.41 Å². The van der Waals surface area contributed by atoms with Crippen LogP contribution in [-0.4, -0.2) is 19.1 Å². The first-order valence-electron chi connectivity index (χ1n) is 5.23. The van der Waals surface area contributed by atoms with Crippen molar-refractivity contribution in [3.05, 3.63) is 29.8 Å². The molecule has 82 valence electrons. The highest BCUT2D eigenvalue weighted by Crippen LogP contribution is 2.18. The predicted molar refractivity (Wildman–Crippen MR) is 60.7 cm³/mol. The molecule has 0 atom stereocenters. The van der Waals surface area contributed by atoms with Crippen molar-refractivity contribution in [1.82, 2.24) is 0 Å². The van der Waals surface area contributed by atoms with Crippen LogP contribution in [0.1, 0.15) is 25.8 Å². The van der Waals surface area contributed by atoms with Crippen molar-refractivity contribution in [2.24, 2.45) is 0 Å². The number of rotatable bonds is 5. The average Bonchev–Trinajstić information content (AvgIpc) is 2.27. The second kappa shape index (κ2) is 6.06. The monoisotopic (exact) mass is 207 g/mol. The van der Waals surface area contributed by atoms with Gasteiger partial charge in [-0.05, 0) is 25.5 Å². The molecule has 15 heavy (non-hydrogen) atoms. The summed E-state index contributed by atoms with van der Waals surface area (Å²) in [6.45, 7) is 5.08. The van der Waals surface area contributed by atoms with Crippen molar-refractivity contribution in [2.45, 2.75) is 20.3 Å². The number of benzene rings is 1. The molecule has 0 bridgehead atoms. The molecule has 0 aliphatic rings. The Kier molecular flexibility index (Phi) is 4.68. The summed E-state index contributed by atoms with van der Waals surface area (Å²) in [6.07, 6.45) is 0.955. The summed E-state index contributed by atoms with van der Waals surface area (Å²) in [6, 6.07) is 7.47. The van der Waals surface area contributed by atoms with Gasteiger partial charge in [-0.25, -0.2) is 0 Å². The van der Waals surface area contributed by atoms with E-state index in [1.54, 1.807) is 0 Å². The van der Waals surface area contributed by atoms with E-state index < -0.39 is 0 Å². The van der Waals surface area contributed by atoms with E-state index in [0.29, 0.717) is 18.8 Å². The fourth-order valence-electron chi connectivity index (χ4n) is 1.21. The van der Waals surface area contributed by atoms with E-state index in [2.05, 4.69) is 6.92 Å². The molecule has 0 heterocycles. The van der Waals surface area contributed by atoms with Crippen molar-refractivity contribution >= 4 is 5.90 Å². The van der Waals surface area contributed by atoms with E-state index in [1.165, 1.54) is 0 Å². The van der Waals surface area contributed by atoms with Crippen LogP contribution in [0.15, 0.2) is 24.3 Å². The van der Waals surface area contributed by atoms with E-state index in [9.17, 15) is 0 Å². The minimum Gasteiger partial charge on any atom is -0.493 e. The third-order valence-corrected chi connectivity index (χ3v) is 1.88. The van der Waals surface area contributed by atoms with Gasteiger partial charge >= 0.3 is 0 Å². The Morgan fingerprint density at radius 2 is 2.00 bits per heavy atom. The molecule has 0 aliphatic carbocycles. The van der Waals surface area contributed by atoms with E-state index in [-0.39, 0.29) is 5.90 Å². The first-order chi connectivity index (χ1) is 7.29. The molecule has 0 unspecified atom stereocenters. The normalized spacial score (nSPS) is 9.73. The van der Waals surface area contributed by atoms with Gasteiger partial charge in [0.15, 0.2) is 0 Å². The molecule has 3 heteroatoms. The molecule has 0 spiro atoms. The molecule has 3 nitrogen and oxygen atoms in total. The number of hydrogen-bond donors (Lipinski definition) is 1. The Balaban J connectivity index is 2.80. The van der Waals surface area contributed by atoms with Crippen LogP contribution in [0.25, 0.3) is 0 Å². The summed E-state index contributed by atoms with van der Waals surface area (Å²) < 4.78 is 10.7. The second-order valence-corrected chi connectivity index (χ2v) is 3.11. The Morgan fingerprint density at radius 3 is 2.67 bits per heavy atom. The summed E-state index contributed by atoms with van der Waals surface area (Å²) in [7, 11) is 0. The summed E-state index contributed by atoms with van der Waals surface area (Å²) in [4.78, 5) is 0.